The van der Waals surface area contributed by atoms with Crippen LogP contribution in [0.4, 0.5) is 4.39 Å². The first-order valence-corrected chi connectivity index (χ1v) is 5.71. The quantitative estimate of drug-likeness (QED) is 0.874. The van der Waals surface area contributed by atoms with Crippen molar-refractivity contribution < 1.29 is 14.3 Å². The number of carboxylic acids is 1. The molecular weight excluding hydrogens is 275 g/mol. The van der Waals surface area contributed by atoms with Gasteiger partial charge in [0.15, 0.2) is 5.82 Å². The van der Waals surface area contributed by atoms with Crippen molar-refractivity contribution in [2.75, 3.05) is 0 Å². The molecule has 1 heterocycles. The number of benzene rings is 1. The Bertz CT molecular complexity index is 616. The van der Waals surface area contributed by atoms with E-state index in [9.17, 15) is 9.18 Å². The Kier molecular flexibility index (Phi) is 3.77. The van der Waals surface area contributed by atoms with Gasteiger partial charge in [-0.05, 0) is 12.1 Å². The number of hydrogen-bond donors (Lipinski definition) is 2. The largest absolute Gasteiger partial charge is 0.480 e. The molecule has 8 heteroatoms. The second-order valence-electron chi connectivity index (χ2n) is 3.88. The molecular formula is C11H10ClFN4O2. The van der Waals surface area contributed by atoms with Crippen molar-refractivity contribution in [1.29, 1.82) is 0 Å². The SMILES string of the molecule is NC(Cc1cn(-c2cccc(Cl)c2F)nn1)C(=O)O. The number of hydrogen-bond acceptors (Lipinski definition) is 4. The van der Waals surface area contributed by atoms with Crippen LogP contribution < -0.4 is 5.73 Å². The van der Waals surface area contributed by atoms with Crippen molar-refractivity contribution in [3.8, 4) is 5.69 Å². The fourth-order valence-corrected chi connectivity index (χ4v) is 1.66. The van der Waals surface area contributed by atoms with E-state index >= 15 is 0 Å². The predicted octanol–water partition coefficient (Wildman–Crippen LogP) is 1.01. The minimum Gasteiger partial charge on any atom is -0.480 e. The predicted molar refractivity (Wildman–Crippen MR) is 65.6 cm³/mol. The van der Waals surface area contributed by atoms with E-state index in [4.69, 9.17) is 22.4 Å². The average molecular weight is 285 g/mol. The monoisotopic (exact) mass is 284 g/mol. The molecule has 0 radical (unpaired) electrons. The van der Waals surface area contributed by atoms with E-state index in [1.165, 1.54) is 23.0 Å². The van der Waals surface area contributed by atoms with Crippen molar-refractivity contribution in [1.82, 2.24) is 15.0 Å². The van der Waals surface area contributed by atoms with Crippen LogP contribution in [0, 0.1) is 5.82 Å². The summed E-state index contributed by atoms with van der Waals surface area (Å²) in [4.78, 5) is 10.6. The fraction of sp³-hybridized carbons (Fsp3) is 0.182. The van der Waals surface area contributed by atoms with Gasteiger partial charge in [0, 0.05) is 6.42 Å². The number of nitrogens with zero attached hydrogens (tertiary/aromatic N) is 3. The van der Waals surface area contributed by atoms with Crippen molar-refractivity contribution >= 4 is 17.6 Å². The van der Waals surface area contributed by atoms with Crippen molar-refractivity contribution in [3.63, 3.8) is 0 Å². The smallest absolute Gasteiger partial charge is 0.320 e. The Morgan fingerprint density at radius 1 is 1.58 bits per heavy atom. The lowest BCUT2D eigenvalue weighted by atomic mass is 10.2. The molecule has 100 valence electrons. The van der Waals surface area contributed by atoms with Gasteiger partial charge in [-0.2, -0.15) is 0 Å². The van der Waals surface area contributed by atoms with Crippen LogP contribution in [0.25, 0.3) is 5.69 Å². The number of aliphatic carboxylic acids is 1. The summed E-state index contributed by atoms with van der Waals surface area (Å²) < 4.78 is 14.9. The molecule has 0 bridgehead atoms. The molecule has 0 aliphatic carbocycles. The van der Waals surface area contributed by atoms with E-state index in [1.807, 2.05) is 0 Å². The molecule has 1 aromatic heterocycles. The van der Waals surface area contributed by atoms with E-state index in [-0.39, 0.29) is 17.1 Å². The molecule has 0 saturated heterocycles. The van der Waals surface area contributed by atoms with Crippen LogP contribution in [0.15, 0.2) is 24.4 Å². The van der Waals surface area contributed by atoms with E-state index in [0.717, 1.165) is 0 Å². The Labute approximate surface area is 112 Å². The van der Waals surface area contributed by atoms with Crippen molar-refractivity contribution in [2.45, 2.75) is 12.5 Å². The first-order chi connectivity index (χ1) is 8.99. The van der Waals surface area contributed by atoms with Crippen LogP contribution in [0.2, 0.25) is 5.02 Å². The highest BCUT2D eigenvalue weighted by Gasteiger charge is 2.16. The molecule has 0 aliphatic heterocycles. The summed E-state index contributed by atoms with van der Waals surface area (Å²) in [5.74, 6) is -1.76. The number of carbonyl (C=O) groups is 1. The minimum absolute atomic E-state index is 0.0114. The highest BCUT2D eigenvalue weighted by molar-refractivity contribution is 6.30. The lowest BCUT2D eigenvalue weighted by Crippen LogP contribution is -2.32. The van der Waals surface area contributed by atoms with Crippen LogP contribution in [-0.4, -0.2) is 32.1 Å². The summed E-state index contributed by atoms with van der Waals surface area (Å²) >= 11 is 5.66. The maximum atomic E-state index is 13.7. The van der Waals surface area contributed by atoms with Crippen LogP contribution in [0.1, 0.15) is 5.69 Å². The maximum Gasteiger partial charge on any atom is 0.320 e. The first-order valence-electron chi connectivity index (χ1n) is 5.33. The molecule has 3 N–H and O–H groups in total. The number of carboxylic acid groups (broad SMARTS) is 1. The summed E-state index contributed by atoms with van der Waals surface area (Å²) in [6, 6.07) is 3.40. The van der Waals surface area contributed by atoms with E-state index < -0.39 is 17.8 Å². The Morgan fingerprint density at radius 2 is 2.32 bits per heavy atom. The molecule has 6 nitrogen and oxygen atoms in total. The normalized spacial score (nSPS) is 12.4. The number of nitrogens with two attached hydrogens (primary N) is 1. The van der Waals surface area contributed by atoms with Gasteiger partial charge in [0.1, 0.15) is 11.7 Å². The van der Waals surface area contributed by atoms with E-state index in [1.54, 1.807) is 6.07 Å². The molecule has 19 heavy (non-hydrogen) atoms. The lowest BCUT2D eigenvalue weighted by molar-refractivity contribution is -0.138. The van der Waals surface area contributed by atoms with Crippen LogP contribution in [-0.2, 0) is 11.2 Å². The second-order valence-corrected chi connectivity index (χ2v) is 4.28. The molecule has 1 unspecified atom stereocenters. The summed E-state index contributed by atoms with van der Waals surface area (Å²) in [6.07, 6.45) is 1.43. The second kappa shape index (κ2) is 5.33. The third-order valence-corrected chi connectivity index (χ3v) is 2.76. The number of halogens is 2. The maximum absolute atomic E-state index is 13.7. The summed E-state index contributed by atoms with van der Waals surface area (Å²) in [5.41, 5.74) is 5.87. The van der Waals surface area contributed by atoms with Gasteiger partial charge in [0.2, 0.25) is 0 Å². The topological polar surface area (TPSA) is 94.0 Å². The molecule has 2 aromatic rings. The average Bonchev–Trinajstić information content (AvgIpc) is 2.81. The third kappa shape index (κ3) is 2.88. The molecule has 0 saturated carbocycles. The Morgan fingerprint density at radius 3 is 3.00 bits per heavy atom. The highest BCUT2D eigenvalue weighted by atomic mass is 35.5. The Hall–Kier alpha value is -1.99. The van der Waals surface area contributed by atoms with Gasteiger partial charge in [-0.3, -0.25) is 4.79 Å². The van der Waals surface area contributed by atoms with Gasteiger partial charge in [0.05, 0.1) is 16.9 Å². The van der Waals surface area contributed by atoms with Gasteiger partial charge in [0.25, 0.3) is 0 Å². The standard InChI is InChI=1S/C11H10ClFN4O2/c12-7-2-1-3-9(10(7)13)17-5-6(15-16-17)4-8(14)11(18)19/h1-3,5,8H,4,14H2,(H,18,19). The molecule has 1 atom stereocenters. The van der Waals surface area contributed by atoms with Crippen LogP contribution in [0.3, 0.4) is 0 Å². The van der Waals surface area contributed by atoms with E-state index in [2.05, 4.69) is 10.3 Å². The summed E-state index contributed by atoms with van der Waals surface area (Å²) in [6.45, 7) is 0. The zero-order chi connectivity index (χ0) is 14.0. The van der Waals surface area contributed by atoms with Crippen LogP contribution in [0.5, 0.6) is 0 Å². The van der Waals surface area contributed by atoms with Crippen molar-refractivity contribution in [2.24, 2.45) is 5.73 Å². The van der Waals surface area contributed by atoms with E-state index in [0.29, 0.717) is 5.69 Å². The van der Waals surface area contributed by atoms with Gasteiger partial charge in [-0.15, -0.1) is 5.10 Å². The van der Waals surface area contributed by atoms with Crippen LogP contribution >= 0.6 is 11.6 Å². The van der Waals surface area contributed by atoms with Gasteiger partial charge in [-0.1, -0.05) is 22.9 Å². The third-order valence-electron chi connectivity index (χ3n) is 2.47. The number of rotatable bonds is 4. The first kappa shape index (κ1) is 13.4. The molecule has 0 aliphatic rings. The minimum atomic E-state index is -1.14. The molecule has 0 amide bonds. The van der Waals surface area contributed by atoms with Gasteiger partial charge < -0.3 is 10.8 Å². The van der Waals surface area contributed by atoms with Gasteiger partial charge in [-0.25, -0.2) is 9.07 Å². The highest BCUT2D eigenvalue weighted by Crippen LogP contribution is 2.20. The zero-order valence-electron chi connectivity index (χ0n) is 9.62. The number of aromatic nitrogens is 3. The fourth-order valence-electron chi connectivity index (χ4n) is 1.49. The molecule has 1 aromatic carbocycles. The van der Waals surface area contributed by atoms with Crippen molar-refractivity contribution in [3.05, 3.63) is 40.9 Å². The zero-order valence-corrected chi connectivity index (χ0v) is 10.4. The van der Waals surface area contributed by atoms with Gasteiger partial charge >= 0.3 is 5.97 Å². The summed E-state index contributed by atoms with van der Waals surface area (Å²) in [7, 11) is 0. The molecule has 0 spiro atoms. The molecule has 0 fully saturated rings. The Balaban J connectivity index is 2.26. The summed E-state index contributed by atoms with van der Waals surface area (Å²) in [5, 5.41) is 16.1. The molecule has 2 rings (SSSR count). The lowest BCUT2D eigenvalue weighted by Gasteiger charge is -2.03.